The van der Waals surface area contributed by atoms with Gasteiger partial charge in [-0.1, -0.05) is 23.7 Å². The number of ether oxygens (including phenoxy) is 1. The molecule has 1 heterocycles. The van der Waals surface area contributed by atoms with Crippen molar-refractivity contribution in [1.82, 2.24) is 5.32 Å². The first-order valence-electron chi connectivity index (χ1n) is 8.39. The van der Waals surface area contributed by atoms with E-state index >= 15 is 0 Å². The summed E-state index contributed by atoms with van der Waals surface area (Å²) in [6, 6.07) is 7.36. The van der Waals surface area contributed by atoms with Crippen molar-refractivity contribution in [3.8, 4) is 5.75 Å². The minimum absolute atomic E-state index is 0.0802. The molecule has 2 amide bonds. The van der Waals surface area contributed by atoms with E-state index in [1.807, 2.05) is 0 Å². The number of nitrogens with one attached hydrogen (secondary N) is 1. The van der Waals surface area contributed by atoms with Crippen LogP contribution in [0.25, 0.3) is 0 Å². The molecule has 3 rings (SSSR count). The van der Waals surface area contributed by atoms with E-state index in [0.717, 1.165) is 0 Å². The van der Waals surface area contributed by atoms with Gasteiger partial charge >= 0.3 is 12.0 Å². The summed E-state index contributed by atoms with van der Waals surface area (Å²) in [5.74, 6) is -1.24. The van der Waals surface area contributed by atoms with E-state index in [-0.39, 0.29) is 22.0 Å². The zero-order chi connectivity index (χ0) is 20.6. The number of carbonyl (C=O) groups excluding carboxylic acids is 2. The number of hydrogen-bond donors (Lipinski definition) is 2. The lowest BCUT2D eigenvalue weighted by molar-refractivity contribution is -0.136. The highest BCUT2D eigenvalue weighted by Crippen LogP contribution is 2.36. The molecule has 0 fully saturated rings. The van der Waals surface area contributed by atoms with Crippen LogP contribution in [0.3, 0.4) is 0 Å². The third kappa shape index (κ3) is 3.41. The molecule has 0 aliphatic carbocycles. The van der Waals surface area contributed by atoms with Gasteiger partial charge in [0.05, 0.1) is 29.4 Å². The quantitative estimate of drug-likeness (QED) is 0.751. The van der Waals surface area contributed by atoms with Crippen molar-refractivity contribution in [3.63, 3.8) is 0 Å². The SMILES string of the molecule is COC(=O)C1=C(C)N(c2ccc(C)c(F)c2)C(=O)NC1c1ccc(O)c(Cl)c1. The molecular weight excluding hydrogens is 387 g/mol. The average Bonchev–Trinajstić information content (AvgIpc) is 2.65. The fourth-order valence-electron chi connectivity index (χ4n) is 3.10. The van der Waals surface area contributed by atoms with Gasteiger partial charge in [0.2, 0.25) is 0 Å². The maximum Gasteiger partial charge on any atom is 0.337 e. The largest absolute Gasteiger partial charge is 0.506 e. The number of hydrogen-bond acceptors (Lipinski definition) is 4. The molecule has 146 valence electrons. The minimum atomic E-state index is -0.843. The summed E-state index contributed by atoms with van der Waals surface area (Å²) in [5, 5.41) is 12.4. The van der Waals surface area contributed by atoms with Crippen LogP contribution in [0.1, 0.15) is 24.1 Å². The summed E-state index contributed by atoms with van der Waals surface area (Å²) >= 11 is 5.98. The Morgan fingerprint density at radius 2 is 1.96 bits per heavy atom. The van der Waals surface area contributed by atoms with Crippen LogP contribution < -0.4 is 10.2 Å². The van der Waals surface area contributed by atoms with Crippen molar-refractivity contribution in [2.24, 2.45) is 0 Å². The Bertz CT molecular complexity index is 1010. The molecule has 0 saturated heterocycles. The van der Waals surface area contributed by atoms with E-state index in [4.69, 9.17) is 16.3 Å². The first kappa shape index (κ1) is 19.7. The Kier molecular flexibility index (Phi) is 5.29. The van der Waals surface area contributed by atoms with Crippen molar-refractivity contribution < 1.29 is 23.8 Å². The van der Waals surface area contributed by atoms with Crippen LogP contribution in [0.15, 0.2) is 47.7 Å². The van der Waals surface area contributed by atoms with Gasteiger partial charge in [-0.3, -0.25) is 4.90 Å². The van der Waals surface area contributed by atoms with Gasteiger partial charge in [0, 0.05) is 5.70 Å². The number of allylic oxidation sites excluding steroid dienone is 1. The molecule has 2 aromatic rings. The van der Waals surface area contributed by atoms with E-state index in [1.165, 1.54) is 30.2 Å². The third-order valence-electron chi connectivity index (χ3n) is 4.61. The Labute approximate surface area is 166 Å². The molecule has 1 atom stereocenters. The topological polar surface area (TPSA) is 78.9 Å². The molecule has 0 saturated carbocycles. The van der Waals surface area contributed by atoms with Gasteiger partial charge in [0.1, 0.15) is 11.6 Å². The first-order chi connectivity index (χ1) is 13.2. The van der Waals surface area contributed by atoms with E-state index in [0.29, 0.717) is 16.8 Å². The molecule has 2 aromatic carbocycles. The van der Waals surface area contributed by atoms with E-state index < -0.39 is 23.9 Å². The van der Waals surface area contributed by atoms with Gasteiger partial charge in [-0.25, -0.2) is 14.0 Å². The van der Waals surface area contributed by atoms with Gasteiger partial charge in [-0.2, -0.15) is 0 Å². The zero-order valence-electron chi connectivity index (χ0n) is 15.4. The summed E-state index contributed by atoms with van der Waals surface area (Å²) in [6.07, 6.45) is 0. The monoisotopic (exact) mass is 404 g/mol. The first-order valence-corrected chi connectivity index (χ1v) is 8.76. The predicted octanol–water partition coefficient (Wildman–Crippen LogP) is 4.21. The smallest absolute Gasteiger partial charge is 0.337 e. The lowest BCUT2D eigenvalue weighted by atomic mass is 9.94. The summed E-state index contributed by atoms with van der Waals surface area (Å²) in [6.45, 7) is 3.19. The Hall–Kier alpha value is -3.06. The van der Waals surface area contributed by atoms with Crippen LogP contribution in [0.2, 0.25) is 5.02 Å². The second kappa shape index (κ2) is 7.52. The molecule has 6 nitrogen and oxygen atoms in total. The normalized spacial score (nSPS) is 16.8. The van der Waals surface area contributed by atoms with Crippen LogP contribution in [-0.2, 0) is 9.53 Å². The predicted molar refractivity (Wildman–Crippen MR) is 103 cm³/mol. The highest BCUT2D eigenvalue weighted by Gasteiger charge is 2.37. The number of urea groups is 1. The number of carbonyl (C=O) groups is 2. The summed E-state index contributed by atoms with van der Waals surface area (Å²) in [4.78, 5) is 26.5. The molecule has 8 heteroatoms. The summed E-state index contributed by atoms with van der Waals surface area (Å²) in [5.41, 5.74) is 1.68. The second-order valence-corrected chi connectivity index (χ2v) is 6.76. The number of nitrogens with zero attached hydrogens (tertiary/aromatic N) is 1. The molecule has 0 aromatic heterocycles. The number of esters is 1. The Morgan fingerprint density at radius 3 is 2.57 bits per heavy atom. The van der Waals surface area contributed by atoms with Crippen LogP contribution in [0.5, 0.6) is 5.75 Å². The fraction of sp³-hybridized carbons (Fsp3) is 0.200. The van der Waals surface area contributed by atoms with E-state index in [2.05, 4.69) is 5.32 Å². The number of benzene rings is 2. The van der Waals surface area contributed by atoms with Gasteiger partial charge in [-0.05, 0) is 49.2 Å². The number of halogens is 2. The molecule has 28 heavy (non-hydrogen) atoms. The standard InChI is InChI=1S/C20H18ClFN2O4/c1-10-4-6-13(9-15(10)22)24-11(2)17(19(26)28-3)18(23-20(24)27)12-5-7-16(25)14(21)8-12/h4-9,18,25H,1-3H3,(H,23,27). The number of aryl methyl sites for hydroxylation is 1. The van der Waals surface area contributed by atoms with Crippen molar-refractivity contribution in [2.75, 3.05) is 12.0 Å². The van der Waals surface area contributed by atoms with Gasteiger partial charge in [0.25, 0.3) is 0 Å². The van der Waals surface area contributed by atoms with Gasteiger partial charge in [0.15, 0.2) is 0 Å². The number of amides is 2. The van der Waals surface area contributed by atoms with E-state index in [9.17, 15) is 19.1 Å². The zero-order valence-corrected chi connectivity index (χ0v) is 16.2. The van der Waals surface area contributed by atoms with Gasteiger partial charge < -0.3 is 15.2 Å². The minimum Gasteiger partial charge on any atom is -0.506 e. The summed E-state index contributed by atoms with van der Waals surface area (Å²) in [7, 11) is 1.23. The number of rotatable bonds is 3. The number of methoxy groups -OCH3 is 1. The number of aromatic hydroxyl groups is 1. The third-order valence-corrected chi connectivity index (χ3v) is 4.91. The highest BCUT2D eigenvalue weighted by atomic mass is 35.5. The lowest BCUT2D eigenvalue weighted by Gasteiger charge is -2.35. The molecule has 1 unspecified atom stereocenters. The molecule has 2 N–H and O–H groups in total. The van der Waals surface area contributed by atoms with Crippen molar-refractivity contribution in [2.45, 2.75) is 19.9 Å². The van der Waals surface area contributed by atoms with Crippen molar-refractivity contribution in [1.29, 1.82) is 0 Å². The second-order valence-electron chi connectivity index (χ2n) is 6.35. The maximum absolute atomic E-state index is 14.0. The van der Waals surface area contributed by atoms with Crippen LogP contribution in [0.4, 0.5) is 14.9 Å². The highest BCUT2D eigenvalue weighted by molar-refractivity contribution is 6.32. The number of anilines is 1. The average molecular weight is 405 g/mol. The lowest BCUT2D eigenvalue weighted by Crippen LogP contribution is -2.48. The number of phenolic OH excluding ortho intramolecular Hbond substituents is 1. The van der Waals surface area contributed by atoms with Gasteiger partial charge in [-0.15, -0.1) is 0 Å². The molecule has 0 radical (unpaired) electrons. The molecular formula is C20H18ClFN2O4. The van der Waals surface area contributed by atoms with E-state index in [1.54, 1.807) is 32.0 Å². The Balaban J connectivity index is 2.16. The van der Waals surface area contributed by atoms with Crippen LogP contribution in [-0.4, -0.2) is 24.2 Å². The van der Waals surface area contributed by atoms with Crippen molar-refractivity contribution in [3.05, 3.63) is 69.6 Å². The molecule has 1 aliphatic heterocycles. The van der Waals surface area contributed by atoms with Crippen LogP contribution in [0, 0.1) is 12.7 Å². The Morgan fingerprint density at radius 1 is 1.25 bits per heavy atom. The maximum atomic E-state index is 14.0. The molecule has 1 aliphatic rings. The van der Waals surface area contributed by atoms with Crippen molar-refractivity contribution >= 4 is 29.3 Å². The molecule has 0 bridgehead atoms. The number of phenols is 1. The van der Waals surface area contributed by atoms with Crippen LogP contribution >= 0.6 is 11.6 Å². The fourth-order valence-corrected chi connectivity index (χ4v) is 3.29. The molecule has 0 spiro atoms. The summed E-state index contributed by atoms with van der Waals surface area (Å²) < 4.78 is 18.9.